The normalized spacial score (nSPS) is 17.7. The minimum Gasteiger partial charge on any atom is -0.389 e. The molecule has 2 heterocycles. The van der Waals surface area contributed by atoms with Gasteiger partial charge in [0, 0.05) is 31.6 Å². The second-order valence-corrected chi connectivity index (χ2v) is 5.58. The summed E-state index contributed by atoms with van der Waals surface area (Å²) >= 11 is 1.84. The quantitative estimate of drug-likeness (QED) is 0.755. The summed E-state index contributed by atoms with van der Waals surface area (Å²) in [4.78, 5) is 3.79. The molecule has 0 spiro atoms. The van der Waals surface area contributed by atoms with Crippen LogP contribution in [0.1, 0.15) is 10.4 Å². The molecular formula is C13H21NO3S. The molecule has 1 aliphatic heterocycles. The van der Waals surface area contributed by atoms with Crippen molar-refractivity contribution in [2.24, 2.45) is 0 Å². The largest absolute Gasteiger partial charge is 0.389 e. The maximum Gasteiger partial charge on any atom is 0.0900 e. The van der Waals surface area contributed by atoms with Crippen LogP contribution in [-0.4, -0.2) is 56.1 Å². The van der Waals surface area contributed by atoms with E-state index in [2.05, 4.69) is 16.3 Å². The van der Waals surface area contributed by atoms with Crippen LogP contribution in [0.4, 0.5) is 0 Å². The number of hydrogen-bond acceptors (Lipinski definition) is 5. The average molecular weight is 271 g/mol. The van der Waals surface area contributed by atoms with Gasteiger partial charge in [0.1, 0.15) is 0 Å². The molecule has 18 heavy (non-hydrogen) atoms. The topological polar surface area (TPSA) is 41.9 Å². The zero-order valence-electron chi connectivity index (χ0n) is 10.8. The maximum atomic E-state index is 9.89. The number of hydrogen-bond donors (Lipinski definition) is 1. The first kappa shape index (κ1) is 14.0. The van der Waals surface area contributed by atoms with Crippen LogP contribution in [0.3, 0.4) is 0 Å². The molecule has 0 amide bonds. The molecule has 0 aliphatic carbocycles. The van der Waals surface area contributed by atoms with Crippen molar-refractivity contribution in [3.63, 3.8) is 0 Å². The number of aliphatic hydroxyl groups is 1. The molecule has 0 saturated heterocycles. The first-order valence-electron chi connectivity index (χ1n) is 6.32. The zero-order chi connectivity index (χ0) is 12.8. The lowest BCUT2D eigenvalue weighted by Gasteiger charge is -2.28. The Hall–Kier alpha value is -0.460. The third-order valence-electron chi connectivity index (χ3n) is 3.10. The number of fused-ring (bicyclic) bond motifs is 1. The zero-order valence-corrected chi connectivity index (χ0v) is 11.6. The van der Waals surface area contributed by atoms with Crippen molar-refractivity contribution in [1.82, 2.24) is 4.90 Å². The third-order valence-corrected chi connectivity index (χ3v) is 4.12. The molecule has 1 atom stereocenters. The summed E-state index contributed by atoms with van der Waals surface area (Å²) in [7, 11) is 1.64. The second-order valence-electron chi connectivity index (χ2n) is 4.58. The highest BCUT2D eigenvalue weighted by Gasteiger charge is 2.19. The molecule has 2 rings (SSSR count). The van der Waals surface area contributed by atoms with Gasteiger partial charge in [-0.05, 0) is 23.4 Å². The van der Waals surface area contributed by atoms with E-state index in [-0.39, 0.29) is 0 Å². The molecule has 0 bridgehead atoms. The van der Waals surface area contributed by atoms with Gasteiger partial charge in [-0.1, -0.05) is 0 Å². The lowest BCUT2D eigenvalue weighted by atomic mass is 10.1. The molecule has 1 aromatic rings. The van der Waals surface area contributed by atoms with Crippen molar-refractivity contribution >= 4 is 11.3 Å². The molecule has 0 saturated carbocycles. The fraction of sp³-hybridized carbons (Fsp3) is 0.692. The molecule has 1 aliphatic rings. The Balaban J connectivity index is 1.67. The van der Waals surface area contributed by atoms with Crippen molar-refractivity contribution in [3.05, 3.63) is 21.9 Å². The SMILES string of the molecule is COCCOCC(O)CN1CCc2sccc2C1. The molecular weight excluding hydrogens is 250 g/mol. The average Bonchev–Trinajstić information content (AvgIpc) is 2.82. The predicted octanol–water partition coefficient (Wildman–Crippen LogP) is 1.13. The van der Waals surface area contributed by atoms with Gasteiger partial charge in [0.15, 0.2) is 0 Å². The Morgan fingerprint density at radius 3 is 3.22 bits per heavy atom. The minimum atomic E-state index is -0.415. The maximum absolute atomic E-state index is 9.89. The molecule has 4 nitrogen and oxygen atoms in total. The van der Waals surface area contributed by atoms with Gasteiger partial charge >= 0.3 is 0 Å². The van der Waals surface area contributed by atoms with Gasteiger partial charge in [-0.3, -0.25) is 4.90 Å². The van der Waals surface area contributed by atoms with E-state index in [0.29, 0.717) is 26.4 Å². The summed E-state index contributed by atoms with van der Waals surface area (Å²) in [5.41, 5.74) is 1.42. The molecule has 5 heteroatoms. The van der Waals surface area contributed by atoms with E-state index >= 15 is 0 Å². The van der Waals surface area contributed by atoms with Crippen LogP contribution in [0.15, 0.2) is 11.4 Å². The molecule has 102 valence electrons. The van der Waals surface area contributed by atoms with E-state index in [4.69, 9.17) is 9.47 Å². The molecule has 1 aromatic heterocycles. The van der Waals surface area contributed by atoms with Crippen molar-refractivity contribution in [2.45, 2.75) is 19.1 Å². The van der Waals surface area contributed by atoms with Crippen LogP contribution in [0.2, 0.25) is 0 Å². The number of nitrogens with zero attached hydrogens (tertiary/aromatic N) is 1. The Morgan fingerprint density at radius 1 is 1.50 bits per heavy atom. The van der Waals surface area contributed by atoms with Crippen LogP contribution in [0, 0.1) is 0 Å². The minimum absolute atomic E-state index is 0.385. The standard InChI is InChI=1S/C13H21NO3S/c1-16-5-6-17-10-12(15)9-14-4-2-13-11(8-14)3-7-18-13/h3,7,12,15H,2,4-6,8-10H2,1H3. The first-order chi connectivity index (χ1) is 8.79. The number of β-amino-alcohol motifs (C(OH)–C–C–N with tert-alkyl or cyclic N) is 1. The van der Waals surface area contributed by atoms with E-state index in [9.17, 15) is 5.11 Å². The van der Waals surface area contributed by atoms with Gasteiger partial charge < -0.3 is 14.6 Å². The van der Waals surface area contributed by atoms with E-state index in [1.54, 1.807) is 7.11 Å². The highest BCUT2D eigenvalue weighted by atomic mass is 32.1. The lowest BCUT2D eigenvalue weighted by molar-refractivity contribution is -0.00210. The number of thiophene rings is 1. The van der Waals surface area contributed by atoms with Crippen molar-refractivity contribution in [1.29, 1.82) is 0 Å². The highest BCUT2D eigenvalue weighted by molar-refractivity contribution is 7.10. The number of methoxy groups -OCH3 is 1. The summed E-state index contributed by atoms with van der Waals surface area (Å²) in [5, 5.41) is 12.0. The Labute approximate surface area is 112 Å². The van der Waals surface area contributed by atoms with E-state index < -0.39 is 6.10 Å². The van der Waals surface area contributed by atoms with Gasteiger partial charge in [-0.15, -0.1) is 11.3 Å². The van der Waals surface area contributed by atoms with Crippen molar-refractivity contribution in [2.75, 3.05) is 40.0 Å². The number of rotatable bonds is 7. The van der Waals surface area contributed by atoms with E-state index in [0.717, 1.165) is 19.5 Å². The predicted molar refractivity (Wildman–Crippen MR) is 72.0 cm³/mol. The highest BCUT2D eigenvalue weighted by Crippen LogP contribution is 2.23. The van der Waals surface area contributed by atoms with Crippen LogP contribution >= 0.6 is 11.3 Å². The first-order valence-corrected chi connectivity index (χ1v) is 7.20. The molecule has 0 fully saturated rings. The fourth-order valence-electron chi connectivity index (χ4n) is 2.18. The third kappa shape index (κ3) is 4.03. The van der Waals surface area contributed by atoms with Crippen molar-refractivity contribution in [3.8, 4) is 0 Å². The molecule has 1 N–H and O–H groups in total. The number of ether oxygens (including phenoxy) is 2. The van der Waals surface area contributed by atoms with Crippen LogP contribution in [-0.2, 0) is 22.4 Å². The second kappa shape index (κ2) is 7.21. The summed E-state index contributed by atoms with van der Waals surface area (Å²) in [6.07, 6.45) is 0.687. The lowest BCUT2D eigenvalue weighted by Crippen LogP contribution is -2.38. The van der Waals surface area contributed by atoms with E-state index in [1.165, 1.54) is 10.4 Å². The van der Waals surface area contributed by atoms with Crippen LogP contribution < -0.4 is 0 Å². The van der Waals surface area contributed by atoms with E-state index in [1.807, 2.05) is 11.3 Å². The van der Waals surface area contributed by atoms with Gasteiger partial charge in [0.25, 0.3) is 0 Å². The van der Waals surface area contributed by atoms with Gasteiger partial charge in [0.05, 0.1) is 25.9 Å². The molecule has 0 aromatic carbocycles. The van der Waals surface area contributed by atoms with Crippen molar-refractivity contribution < 1.29 is 14.6 Å². The summed E-state index contributed by atoms with van der Waals surface area (Å²) in [6.45, 7) is 4.17. The smallest absolute Gasteiger partial charge is 0.0900 e. The Kier molecular flexibility index (Phi) is 5.59. The molecule has 1 unspecified atom stereocenters. The molecule has 0 radical (unpaired) electrons. The fourth-order valence-corrected chi connectivity index (χ4v) is 3.06. The van der Waals surface area contributed by atoms with Gasteiger partial charge in [0.2, 0.25) is 0 Å². The monoisotopic (exact) mass is 271 g/mol. The summed E-state index contributed by atoms with van der Waals surface area (Å²) in [6, 6.07) is 2.19. The summed E-state index contributed by atoms with van der Waals surface area (Å²) < 4.78 is 10.2. The Bertz CT molecular complexity index is 356. The number of aliphatic hydroxyl groups excluding tert-OH is 1. The van der Waals surface area contributed by atoms with Gasteiger partial charge in [-0.25, -0.2) is 0 Å². The van der Waals surface area contributed by atoms with Gasteiger partial charge in [-0.2, -0.15) is 0 Å². The Morgan fingerprint density at radius 2 is 2.39 bits per heavy atom. The van der Waals surface area contributed by atoms with Crippen LogP contribution in [0.25, 0.3) is 0 Å². The van der Waals surface area contributed by atoms with Crippen LogP contribution in [0.5, 0.6) is 0 Å². The summed E-state index contributed by atoms with van der Waals surface area (Å²) in [5.74, 6) is 0.